The monoisotopic (exact) mass is 292 g/mol. The minimum Gasteiger partial charge on any atom is -0.382 e. The first-order valence-electron chi connectivity index (χ1n) is 9.49. The van der Waals surface area contributed by atoms with Crippen LogP contribution < -0.4 is 0 Å². The average molecular weight is 293 g/mol. The Kier molecular flexibility index (Phi) is 12.8. The van der Waals surface area contributed by atoms with E-state index in [-0.39, 0.29) is 0 Å². The maximum Gasteiger partial charge on any atom is 0.0465 e. The molecule has 0 atom stereocenters. The molecule has 1 aliphatic rings. The molecular formula is C20H36O. The topological polar surface area (TPSA) is 9.23 Å². The summed E-state index contributed by atoms with van der Waals surface area (Å²) in [6, 6.07) is 0. The normalized spacial score (nSPS) is 14.5. The Morgan fingerprint density at radius 2 is 1.38 bits per heavy atom. The van der Waals surface area contributed by atoms with Crippen molar-refractivity contribution in [2.24, 2.45) is 5.92 Å². The summed E-state index contributed by atoms with van der Waals surface area (Å²) in [5, 5.41) is 0. The quantitative estimate of drug-likeness (QED) is 0.293. The summed E-state index contributed by atoms with van der Waals surface area (Å²) in [5.74, 6) is 7.53. The summed E-state index contributed by atoms with van der Waals surface area (Å²) < 4.78 is 5.35. The van der Waals surface area contributed by atoms with Gasteiger partial charge in [-0.1, -0.05) is 63.7 Å². The lowest BCUT2D eigenvalue weighted by atomic mass is 9.86. The molecule has 0 unspecified atom stereocenters. The second kappa shape index (κ2) is 14.5. The highest BCUT2D eigenvalue weighted by molar-refractivity contribution is 5.06. The van der Waals surface area contributed by atoms with Gasteiger partial charge in [0.2, 0.25) is 0 Å². The van der Waals surface area contributed by atoms with Gasteiger partial charge in [-0.2, -0.15) is 0 Å². The Morgan fingerprint density at radius 3 is 1.90 bits per heavy atom. The van der Waals surface area contributed by atoms with Crippen LogP contribution in [0.5, 0.6) is 0 Å². The van der Waals surface area contributed by atoms with Crippen LogP contribution in [-0.4, -0.2) is 13.2 Å². The van der Waals surface area contributed by atoms with Crippen molar-refractivity contribution in [3.05, 3.63) is 0 Å². The van der Waals surface area contributed by atoms with E-state index in [0.717, 1.165) is 25.6 Å². The van der Waals surface area contributed by atoms with Crippen molar-refractivity contribution in [1.29, 1.82) is 0 Å². The molecule has 0 amide bonds. The molecule has 0 spiro atoms. The van der Waals surface area contributed by atoms with Crippen LogP contribution in [0.15, 0.2) is 0 Å². The number of hydrogen-bond donors (Lipinski definition) is 0. The van der Waals surface area contributed by atoms with Gasteiger partial charge in [-0.3, -0.25) is 0 Å². The predicted molar refractivity (Wildman–Crippen MR) is 92.4 cm³/mol. The third kappa shape index (κ3) is 11.8. The standard InChI is InChI=1S/C20H36O/c1-2-21-19-14-12-10-8-6-4-3-5-7-9-11-13-16-20-17-15-18-20/h20H,2-12,14-15,17-19H2,1H3. The lowest BCUT2D eigenvalue weighted by Crippen LogP contribution is -2.07. The SMILES string of the molecule is CCOCCCCCCCCCCCCC#CC1CCC1. The van der Waals surface area contributed by atoms with Gasteiger partial charge in [-0.25, -0.2) is 0 Å². The van der Waals surface area contributed by atoms with E-state index in [2.05, 4.69) is 18.8 Å². The molecule has 1 rings (SSSR count). The molecule has 0 saturated heterocycles. The van der Waals surface area contributed by atoms with Crippen LogP contribution in [0.2, 0.25) is 0 Å². The smallest absolute Gasteiger partial charge is 0.0465 e. The van der Waals surface area contributed by atoms with Gasteiger partial charge >= 0.3 is 0 Å². The molecule has 0 N–H and O–H groups in total. The summed E-state index contributed by atoms with van der Waals surface area (Å²) >= 11 is 0. The zero-order chi connectivity index (χ0) is 15.0. The van der Waals surface area contributed by atoms with E-state index in [1.165, 1.54) is 83.5 Å². The van der Waals surface area contributed by atoms with Gasteiger partial charge in [-0.15, -0.1) is 5.92 Å². The van der Waals surface area contributed by atoms with Crippen LogP contribution in [0.1, 0.15) is 96.8 Å². The molecule has 0 aromatic rings. The van der Waals surface area contributed by atoms with Gasteiger partial charge in [0.15, 0.2) is 0 Å². The maximum atomic E-state index is 5.35. The zero-order valence-electron chi connectivity index (χ0n) is 14.3. The lowest BCUT2D eigenvalue weighted by Gasteiger charge is -2.18. The highest BCUT2D eigenvalue weighted by Crippen LogP contribution is 2.25. The van der Waals surface area contributed by atoms with Crippen molar-refractivity contribution in [2.45, 2.75) is 96.8 Å². The van der Waals surface area contributed by atoms with Crippen molar-refractivity contribution in [1.82, 2.24) is 0 Å². The molecule has 122 valence electrons. The van der Waals surface area contributed by atoms with E-state index >= 15 is 0 Å². The van der Waals surface area contributed by atoms with E-state index in [1.54, 1.807) is 0 Å². The van der Waals surface area contributed by atoms with Crippen molar-refractivity contribution in [3.63, 3.8) is 0 Å². The molecule has 0 bridgehead atoms. The summed E-state index contributed by atoms with van der Waals surface area (Å²) in [7, 11) is 0. The predicted octanol–water partition coefficient (Wildman–Crippen LogP) is 6.12. The van der Waals surface area contributed by atoms with E-state index in [9.17, 15) is 0 Å². The van der Waals surface area contributed by atoms with E-state index < -0.39 is 0 Å². The molecule has 1 aliphatic carbocycles. The highest BCUT2D eigenvalue weighted by Gasteiger charge is 2.13. The maximum absolute atomic E-state index is 5.35. The lowest BCUT2D eigenvalue weighted by molar-refractivity contribution is 0.143. The van der Waals surface area contributed by atoms with Gasteiger partial charge in [0.1, 0.15) is 0 Å². The molecular weight excluding hydrogens is 256 g/mol. The Bertz CT molecular complexity index is 269. The van der Waals surface area contributed by atoms with Crippen LogP contribution in [0, 0.1) is 17.8 Å². The fourth-order valence-electron chi connectivity index (χ4n) is 2.75. The molecule has 0 heterocycles. The Hall–Kier alpha value is -0.480. The molecule has 1 saturated carbocycles. The fraction of sp³-hybridized carbons (Fsp3) is 0.900. The number of unbranched alkanes of at least 4 members (excludes halogenated alkanes) is 10. The number of hydrogen-bond acceptors (Lipinski definition) is 1. The second-order valence-electron chi connectivity index (χ2n) is 6.43. The molecule has 0 aromatic heterocycles. The third-order valence-electron chi connectivity index (χ3n) is 4.46. The summed E-state index contributed by atoms with van der Waals surface area (Å²) in [5.41, 5.74) is 0. The molecule has 21 heavy (non-hydrogen) atoms. The Balaban J connectivity index is 1.67. The van der Waals surface area contributed by atoms with Crippen LogP contribution >= 0.6 is 0 Å². The molecule has 1 fully saturated rings. The zero-order valence-corrected chi connectivity index (χ0v) is 14.3. The number of rotatable bonds is 13. The number of ether oxygens (including phenoxy) is 1. The van der Waals surface area contributed by atoms with Gasteiger partial charge < -0.3 is 4.74 Å². The first-order chi connectivity index (χ1) is 10.4. The minimum atomic E-state index is 0.763. The van der Waals surface area contributed by atoms with Crippen LogP contribution in [0.3, 0.4) is 0 Å². The van der Waals surface area contributed by atoms with Gasteiger partial charge in [0.25, 0.3) is 0 Å². The van der Waals surface area contributed by atoms with Gasteiger partial charge in [-0.05, 0) is 32.6 Å². The third-order valence-corrected chi connectivity index (χ3v) is 4.46. The van der Waals surface area contributed by atoms with Gasteiger partial charge in [0, 0.05) is 25.6 Å². The summed E-state index contributed by atoms with van der Waals surface area (Å²) in [6.45, 7) is 3.90. The summed E-state index contributed by atoms with van der Waals surface area (Å²) in [6.07, 6.45) is 19.1. The summed E-state index contributed by atoms with van der Waals surface area (Å²) in [4.78, 5) is 0. The van der Waals surface area contributed by atoms with Crippen LogP contribution in [-0.2, 0) is 4.74 Å². The van der Waals surface area contributed by atoms with Crippen molar-refractivity contribution >= 4 is 0 Å². The fourth-order valence-corrected chi connectivity index (χ4v) is 2.75. The van der Waals surface area contributed by atoms with Crippen molar-refractivity contribution < 1.29 is 4.74 Å². The van der Waals surface area contributed by atoms with Gasteiger partial charge in [0.05, 0.1) is 0 Å². The van der Waals surface area contributed by atoms with Crippen molar-refractivity contribution in [3.8, 4) is 11.8 Å². The first kappa shape index (κ1) is 18.6. The highest BCUT2D eigenvalue weighted by atomic mass is 16.5. The van der Waals surface area contributed by atoms with E-state index in [4.69, 9.17) is 4.74 Å². The van der Waals surface area contributed by atoms with E-state index in [0.29, 0.717) is 0 Å². The largest absolute Gasteiger partial charge is 0.382 e. The van der Waals surface area contributed by atoms with Crippen molar-refractivity contribution in [2.75, 3.05) is 13.2 Å². The molecule has 0 aliphatic heterocycles. The first-order valence-corrected chi connectivity index (χ1v) is 9.49. The van der Waals surface area contributed by atoms with Crippen LogP contribution in [0.25, 0.3) is 0 Å². The Morgan fingerprint density at radius 1 is 0.810 bits per heavy atom. The Labute approximate surface area is 133 Å². The van der Waals surface area contributed by atoms with Crippen LogP contribution in [0.4, 0.5) is 0 Å². The van der Waals surface area contributed by atoms with E-state index in [1.807, 2.05) is 0 Å². The minimum absolute atomic E-state index is 0.763. The second-order valence-corrected chi connectivity index (χ2v) is 6.43. The molecule has 1 heteroatoms. The average Bonchev–Trinajstić information content (AvgIpc) is 2.45. The molecule has 1 nitrogen and oxygen atoms in total. The molecule has 0 radical (unpaired) electrons. The molecule has 0 aromatic carbocycles.